The number of nitrogens with zero attached hydrogens (tertiary/aromatic N) is 3. The molecule has 5 nitrogen and oxygen atoms in total. The van der Waals surface area contributed by atoms with Gasteiger partial charge in [0.1, 0.15) is 5.82 Å². The zero-order chi connectivity index (χ0) is 12.7. The molecule has 0 fully saturated rings. The summed E-state index contributed by atoms with van der Waals surface area (Å²) in [5.41, 5.74) is 0. The summed E-state index contributed by atoms with van der Waals surface area (Å²) in [5.74, 6) is 1.51. The van der Waals surface area contributed by atoms with Gasteiger partial charge >= 0.3 is 0 Å². The van der Waals surface area contributed by atoms with Gasteiger partial charge in [-0.15, -0.1) is 0 Å². The number of likely N-dealkylation sites (N-methyl/N-ethyl adjacent to an activating group) is 1. The molecule has 2 N–H and O–H groups in total. The lowest BCUT2D eigenvalue weighted by molar-refractivity contribution is 0.294. The lowest BCUT2D eigenvalue weighted by Gasteiger charge is -2.23. The van der Waals surface area contributed by atoms with Crippen molar-refractivity contribution in [1.29, 1.82) is 0 Å². The van der Waals surface area contributed by atoms with E-state index in [0.717, 1.165) is 25.5 Å². The van der Waals surface area contributed by atoms with Crippen molar-refractivity contribution >= 4 is 11.8 Å². The molecule has 1 unspecified atom stereocenters. The van der Waals surface area contributed by atoms with Crippen molar-refractivity contribution in [1.82, 2.24) is 14.9 Å². The minimum atomic E-state index is 0.370. The van der Waals surface area contributed by atoms with Crippen LogP contribution in [0.15, 0.2) is 12.3 Å². The van der Waals surface area contributed by atoms with Crippen LogP contribution in [-0.2, 0) is 0 Å². The number of rotatable bonds is 7. The quantitative estimate of drug-likeness (QED) is 0.755. The van der Waals surface area contributed by atoms with E-state index in [4.69, 9.17) is 0 Å². The number of nitrogens with one attached hydrogen (secondary N) is 2. The van der Waals surface area contributed by atoms with Crippen molar-refractivity contribution in [2.24, 2.45) is 0 Å². The number of hydrogen-bond acceptors (Lipinski definition) is 5. The van der Waals surface area contributed by atoms with Gasteiger partial charge in [0.15, 0.2) is 0 Å². The Bertz CT molecular complexity index is 324. The largest absolute Gasteiger partial charge is 0.366 e. The maximum atomic E-state index is 4.34. The van der Waals surface area contributed by atoms with E-state index < -0.39 is 0 Å². The normalized spacial score (nSPS) is 12.5. The molecule has 1 rings (SSSR count). The average molecular weight is 237 g/mol. The van der Waals surface area contributed by atoms with Gasteiger partial charge in [-0.1, -0.05) is 13.8 Å². The summed E-state index contributed by atoms with van der Waals surface area (Å²) in [5, 5.41) is 6.31. The molecule has 0 saturated carbocycles. The van der Waals surface area contributed by atoms with Crippen LogP contribution in [0.4, 0.5) is 11.8 Å². The highest BCUT2D eigenvalue weighted by Gasteiger charge is 2.07. The van der Waals surface area contributed by atoms with E-state index in [0.29, 0.717) is 12.0 Å². The average Bonchev–Trinajstić information content (AvgIpc) is 2.36. The highest BCUT2D eigenvalue weighted by Crippen LogP contribution is 2.07. The van der Waals surface area contributed by atoms with Crippen LogP contribution in [0.1, 0.15) is 20.8 Å². The fraction of sp³-hybridized carbons (Fsp3) is 0.667. The topological polar surface area (TPSA) is 53.1 Å². The van der Waals surface area contributed by atoms with Crippen LogP contribution in [0.2, 0.25) is 0 Å². The first-order chi connectivity index (χ1) is 8.19. The van der Waals surface area contributed by atoms with Gasteiger partial charge in [0.2, 0.25) is 5.95 Å². The third-order valence-corrected chi connectivity index (χ3v) is 2.70. The smallest absolute Gasteiger partial charge is 0.224 e. The summed E-state index contributed by atoms with van der Waals surface area (Å²) in [6.07, 6.45) is 1.76. The molecular formula is C12H23N5. The Morgan fingerprint density at radius 3 is 2.65 bits per heavy atom. The highest BCUT2D eigenvalue weighted by atomic mass is 15.2. The first-order valence-corrected chi connectivity index (χ1v) is 6.19. The number of aromatic nitrogens is 2. The second-order valence-electron chi connectivity index (χ2n) is 4.05. The van der Waals surface area contributed by atoms with E-state index in [-0.39, 0.29) is 0 Å². The Labute approximate surface area is 104 Å². The maximum absolute atomic E-state index is 4.34. The Kier molecular flexibility index (Phi) is 5.69. The van der Waals surface area contributed by atoms with Crippen molar-refractivity contribution < 1.29 is 0 Å². The van der Waals surface area contributed by atoms with Gasteiger partial charge in [0, 0.05) is 25.8 Å². The maximum Gasteiger partial charge on any atom is 0.224 e. The monoisotopic (exact) mass is 237 g/mol. The van der Waals surface area contributed by atoms with E-state index in [1.165, 1.54) is 0 Å². The van der Waals surface area contributed by atoms with E-state index >= 15 is 0 Å². The molecule has 0 aromatic carbocycles. The summed E-state index contributed by atoms with van der Waals surface area (Å²) < 4.78 is 0. The van der Waals surface area contributed by atoms with Crippen molar-refractivity contribution in [2.75, 3.05) is 37.3 Å². The molecule has 0 saturated heterocycles. The standard InChI is InChI=1S/C12H23N5/c1-5-17(6-2)9-10(3)15-11-7-8-14-12(13-4)16-11/h7-8,10H,5-6,9H2,1-4H3,(H2,13,14,15,16). The van der Waals surface area contributed by atoms with Gasteiger partial charge in [-0.25, -0.2) is 4.98 Å². The third kappa shape index (κ3) is 4.56. The molecule has 1 aromatic heterocycles. The van der Waals surface area contributed by atoms with Gasteiger partial charge < -0.3 is 15.5 Å². The summed E-state index contributed by atoms with van der Waals surface area (Å²) in [4.78, 5) is 10.8. The van der Waals surface area contributed by atoms with Crippen molar-refractivity contribution in [3.8, 4) is 0 Å². The molecule has 0 spiro atoms. The molecule has 17 heavy (non-hydrogen) atoms. The molecular weight excluding hydrogens is 214 g/mol. The molecule has 96 valence electrons. The van der Waals surface area contributed by atoms with Gasteiger partial charge in [-0.05, 0) is 26.1 Å². The first kappa shape index (κ1) is 13.7. The predicted molar refractivity (Wildman–Crippen MR) is 72.5 cm³/mol. The van der Waals surface area contributed by atoms with Crippen LogP contribution in [0.5, 0.6) is 0 Å². The number of hydrogen-bond donors (Lipinski definition) is 2. The Morgan fingerprint density at radius 1 is 1.35 bits per heavy atom. The third-order valence-electron chi connectivity index (χ3n) is 2.70. The zero-order valence-electron chi connectivity index (χ0n) is 11.2. The SMILES string of the molecule is CCN(CC)CC(C)Nc1ccnc(NC)n1. The minimum absolute atomic E-state index is 0.370. The lowest BCUT2D eigenvalue weighted by Crippen LogP contribution is -2.34. The highest BCUT2D eigenvalue weighted by molar-refractivity contribution is 5.39. The summed E-state index contributed by atoms with van der Waals surface area (Å²) in [6.45, 7) is 9.70. The molecule has 0 radical (unpaired) electrons. The van der Waals surface area contributed by atoms with Crippen molar-refractivity contribution in [2.45, 2.75) is 26.8 Å². The Hall–Kier alpha value is -1.36. The van der Waals surface area contributed by atoms with Crippen molar-refractivity contribution in [3.05, 3.63) is 12.3 Å². The minimum Gasteiger partial charge on any atom is -0.366 e. The predicted octanol–water partition coefficient (Wildman–Crippen LogP) is 1.66. The van der Waals surface area contributed by atoms with E-state index in [2.05, 4.69) is 46.3 Å². The van der Waals surface area contributed by atoms with Crippen LogP contribution in [-0.4, -0.2) is 47.6 Å². The molecule has 0 aliphatic carbocycles. The van der Waals surface area contributed by atoms with Crippen LogP contribution < -0.4 is 10.6 Å². The van der Waals surface area contributed by atoms with Gasteiger partial charge in [0.25, 0.3) is 0 Å². The molecule has 0 bridgehead atoms. The second kappa shape index (κ2) is 7.06. The van der Waals surface area contributed by atoms with Gasteiger partial charge in [0.05, 0.1) is 0 Å². The zero-order valence-corrected chi connectivity index (χ0v) is 11.2. The Balaban J connectivity index is 2.52. The molecule has 1 heterocycles. The number of anilines is 2. The molecule has 5 heteroatoms. The van der Waals surface area contributed by atoms with Crippen LogP contribution in [0.3, 0.4) is 0 Å². The van der Waals surface area contributed by atoms with Crippen LogP contribution in [0.25, 0.3) is 0 Å². The van der Waals surface area contributed by atoms with Crippen LogP contribution in [0, 0.1) is 0 Å². The lowest BCUT2D eigenvalue weighted by atomic mass is 10.3. The molecule has 1 aromatic rings. The molecule has 1 atom stereocenters. The molecule has 0 amide bonds. The summed E-state index contributed by atoms with van der Waals surface area (Å²) in [7, 11) is 1.82. The molecule has 0 aliphatic heterocycles. The van der Waals surface area contributed by atoms with Gasteiger partial charge in [-0.3, -0.25) is 0 Å². The second-order valence-corrected chi connectivity index (χ2v) is 4.05. The summed E-state index contributed by atoms with van der Waals surface area (Å²) >= 11 is 0. The fourth-order valence-corrected chi connectivity index (χ4v) is 1.73. The van der Waals surface area contributed by atoms with Crippen LogP contribution >= 0.6 is 0 Å². The first-order valence-electron chi connectivity index (χ1n) is 6.19. The van der Waals surface area contributed by atoms with E-state index in [1.54, 1.807) is 6.20 Å². The fourth-order valence-electron chi connectivity index (χ4n) is 1.73. The van der Waals surface area contributed by atoms with E-state index in [9.17, 15) is 0 Å². The van der Waals surface area contributed by atoms with Gasteiger partial charge in [-0.2, -0.15) is 4.98 Å². The summed E-state index contributed by atoms with van der Waals surface area (Å²) in [6, 6.07) is 2.26. The van der Waals surface area contributed by atoms with Crippen molar-refractivity contribution in [3.63, 3.8) is 0 Å². The molecule has 0 aliphatic rings. The van der Waals surface area contributed by atoms with E-state index in [1.807, 2.05) is 13.1 Å². The Morgan fingerprint density at radius 2 is 2.06 bits per heavy atom.